The van der Waals surface area contributed by atoms with Crippen molar-refractivity contribution in [2.45, 2.75) is 38.1 Å². The smallest absolute Gasteiger partial charge is 0.382 e. The Bertz CT molecular complexity index is 379. The normalized spacial score (nSPS) is 15.4. The molecule has 2 atom stereocenters. The zero-order valence-corrected chi connectivity index (χ0v) is 10.5. The molecular formula is C13H18F3NO. The second-order valence-corrected chi connectivity index (χ2v) is 4.32. The second-order valence-electron chi connectivity index (χ2n) is 4.32. The first-order chi connectivity index (χ1) is 8.36. The van der Waals surface area contributed by atoms with Gasteiger partial charge in [-0.05, 0) is 31.4 Å². The number of rotatable bonds is 5. The molecule has 1 aromatic rings. The molecule has 0 fully saturated rings. The van der Waals surface area contributed by atoms with Crippen molar-refractivity contribution >= 4 is 0 Å². The molecule has 2 nitrogen and oxygen atoms in total. The molecule has 0 spiro atoms. The average Bonchev–Trinajstić information content (AvgIpc) is 2.34. The summed E-state index contributed by atoms with van der Waals surface area (Å²) in [5.41, 5.74) is 5.34. The molecule has 5 heteroatoms. The number of hydrogen-bond acceptors (Lipinski definition) is 2. The molecule has 0 amide bonds. The summed E-state index contributed by atoms with van der Waals surface area (Å²) in [6.07, 6.45) is -3.28. The van der Waals surface area contributed by atoms with E-state index in [0.717, 1.165) is 6.07 Å². The third-order valence-electron chi connectivity index (χ3n) is 2.95. The number of nitrogens with two attached hydrogens (primary N) is 1. The van der Waals surface area contributed by atoms with Crippen molar-refractivity contribution in [1.29, 1.82) is 0 Å². The molecule has 0 aromatic heterocycles. The average molecular weight is 261 g/mol. The molecule has 0 saturated carbocycles. The van der Waals surface area contributed by atoms with Crippen molar-refractivity contribution in [3.63, 3.8) is 0 Å². The molecule has 0 aliphatic heterocycles. The van der Waals surface area contributed by atoms with Crippen LogP contribution in [0.1, 0.15) is 36.9 Å². The fourth-order valence-electron chi connectivity index (χ4n) is 1.77. The first-order valence-corrected chi connectivity index (χ1v) is 5.80. The van der Waals surface area contributed by atoms with Gasteiger partial charge >= 0.3 is 6.18 Å². The number of benzene rings is 1. The van der Waals surface area contributed by atoms with E-state index in [9.17, 15) is 13.2 Å². The maximum Gasteiger partial charge on any atom is 0.416 e. The van der Waals surface area contributed by atoms with Gasteiger partial charge in [0, 0.05) is 13.2 Å². The molecule has 2 N–H and O–H groups in total. The Balaban J connectivity index is 2.82. The van der Waals surface area contributed by atoms with Crippen LogP contribution in [0.5, 0.6) is 0 Å². The van der Waals surface area contributed by atoms with E-state index in [1.807, 2.05) is 6.92 Å². The molecule has 0 heterocycles. The summed E-state index contributed by atoms with van der Waals surface area (Å²) < 4.78 is 43.4. The highest BCUT2D eigenvalue weighted by Crippen LogP contribution is 2.35. The quantitative estimate of drug-likeness (QED) is 0.880. The summed E-state index contributed by atoms with van der Waals surface area (Å²) >= 11 is 0. The fraction of sp³-hybridized carbons (Fsp3) is 0.538. The predicted octanol–water partition coefficient (Wildman–Crippen LogP) is 3.52. The van der Waals surface area contributed by atoms with Gasteiger partial charge < -0.3 is 10.5 Å². The minimum Gasteiger partial charge on any atom is -0.382 e. The van der Waals surface area contributed by atoms with Crippen molar-refractivity contribution in [2.75, 3.05) is 7.11 Å². The van der Waals surface area contributed by atoms with Gasteiger partial charge in [0.1, 0.15) is 0 Å². The molecule has 0 saturated heterocycles. The summed E-state index contributed by atoms with van der Waals surface area (Å²) in [5.74, 6) is 0. The topological polar surface area (TPSA) is 35.2 Å². The van der Waals surface area contributed by atoms with Gasteiger partial charge in [-0.1, -0.05) is 18.2 Å². The SMILES string of the molecule is COC(C)CCC(N)c1ccccc1C(F)(F)F. The molecule has 1 aromatic carbocycles. The van der Waals surface area contributed by atoms with Gasteiger partial charge in [-0.15, -0.1) is 0 Å². The van der Waals surface area contributed by atoms with Crippen LogP contribution in [0.25, 0.3) is 0 Å². The van der Waals surface area contributed by atoms with Crippen molar-refractivity contribution in [3.05, 3.63) is 35.4 Å². The standard InChI is InChI=1S/C13H18F3NO/c1-9(18-2)7-8-12(17)10-5-3-4-6-11(10)13(14,15)16/h3-6,9,12H,7-8,17H2,1-2H3. The monoisotopic (exact) mass is 261 g/mol. The number of methoxy groups -OCH3 is 1. The van der Waals surface area contributed by atoms with E-state index >= 15 is 0 Å². The maximum atomic E-state index is 12.8. The Morgan fingerprint density at radius 3 is 2.39 bits per heavy atom. The Hall–Kier alpha value is -1.07. The van der Waals surface area contributed by atoms with Gasteiger partial charge in [-0.3, -0.25) is 0 Å². The molecule has 18 heavy (non-hydrogen) atoms. The van der Waals surface area contributed by atoms with Gasteiger partial charge in [0.15, 0.2) is 0 Å². The molecule has 1 rings (SSSR count). The number of halogens is 3. The number of ether oxygens (including phenoxy) is 1. The first kappa shape index (κ1) is 15.0. The zero-order valence-electron chi connectivity index (χ0n) is 10.5. The molecule has 2 unspecified atom stereocenters. The summed E-state index contributed by atoms with van der Waals surface area (Å²) in [4.78, 5) is 0. The molecule has 0 aliphatic carbocycles. The van der Waals surface area contributed by atoms with Crippen LogP contribution >= 0.6 is 0 Å². The van der Waals surface area contributed by atoms with Gasteiger partial charge in [0.2, 0.25) is 0 Å². The van der Waals surface area contributed by atoms with E-state index in [-0.39, 0.29) is 11.7 Å². The Morgan fingerprint density at radius 2 is 1.83 bits per heavy atom. The Kier molecular flexibility index (Phi) is 5.16. The predicted molar refractivity (Wildman–Crippen MR) is 64.1 cm³/mol. The van der Waals surface area contributed by atoms with Crippen molar-refractivity contribution in [3.8, 4) is 0 Å². The van der Waals surface area contributed by atoms with Crippen LogP contribution in [0.4, 0.5) is 13.2 Å². The molecule has 102 valence electrons. The lowest BCUT2D eigenvalue weighted by Crippen LogP contribution is -2.19. The number of alkyl halides is 3. The summed E-state index contributed by atoms with van der Waals surface area (Å²) in [6.45, 7) is 1.86. The van der Waals surface area contributed by atoms with Crippen LogP contribution in [0.2, 0.25) is 0 Å². The van der Waals surface area contributed by atoms with E-state index in [4.69, 9.17) is 10.5 Å². The van der Waals surface area contributed by atoms with E-state index in [1.54, 1.807) is 13.2 Å². The van der Waals surface area contributed by atoms with Crippen molar-refractivity contribution in [2.24, 2.45) is 5.73 Å². The maximum absolute atomic E-state index is 12.8. The van der Waals surface area contributed by atoms with E-state index in [1.165, 1.54) is 12.1 Å². The zero-order chi connectivity index (χ0) is 13.8. The van der Waals surface area contributed by atoms with Crippen LogP contribution in [0.3, 0.4) is 0 Å². The van der Waals surface area contributed by atoms with Crippen LogP contribution in [0.15, 0.2) is 24.3 Å². The molecule has 0 radical (unpaired) electrons. The van der Waals surface area contributed by atoms with Gasteiger partial charge in [0.05, 0.1) is 11.7 Å². The van der Waals surface area contributed by atoms with Gasteiger partial charge in [-0.25, -0.2) is 0 Å². The molecule has 0 bridgehead atoms. The van der Waals surface area contributed by atoms with Gasteiger partial charge in [-0.2, -0.15) is 13.2 Å². The van der Waals surface area contributed by atoms with Crippen LogP contribution < -0.4 is 5.73 Å². The minimum absolute atomic E-state index is 0.00546. The lowest BCUT2D eigenvalue weighted by molar-refractivity contribution is -0.138. The lowest BCUT2D eigenvalue weighted by Gasteiger charge is -2.19. The lowest BCUT2D eigenvalue weighted by atomic mass is 9.96. The number of hydrogen-bond donors (Lipinski definition) is 1. The first-order valence-electron chi connectivity index (χ1n) is 5.80. The van der Waals surface area contributed by atoms with Crippen molar-refractivity contribution in [1.82, 2.24) is 0 Å². The molecule has 0 aliphatic rings. The highest BCUT2D eigenvalue weighted by Gasteiger charge is 2.34. The van der Waals surface area contributed by atoms with Crippen LogP contribution in [0, 0.1) is 0 Å². The van der Waals surface area contributed by atoms with Crippen LogP contribution in [-0.4, -0.2) is 13.2 Å². The van der Waals surface area contributed by atoms with E-state index < -0.39 is 17.8 Å². The van der Waals surface area contributed by atoms with E-state index in [2.05, 4.69) is 0 Å². The van der Waals surface area contributed by atoms with Crippen molar-refractivity contribution < 1.29 is 17.9 Å². The third kappa shape index (κ3) is 3.99. The summed E-state index contributed by atoms with van der Waals surface area (Å²) in [7, 11) is 1.57. The minimum atomic E-state index is -4.36. The Morgan fingerprint density at radius 1 is 1.22 bits per heavy atom. The fourth-order valence-corrected chi connectivity index (χ4v) is 1.77. The molecular weight excluding hydrogens is 243 g/mol. The largest absolute Gasteiger partial charge is 0.416 e. The van der Waals surface area contributed by atoms with E-state index in [0.29, 0.717) is 12.8 Å². The summed E-state index contributed by atoms with van der Waals surface area (Å²) in [5, 5.41) is 0. The highest BCUT2D eigenvalue weighted by atomic mass is 19.4. The third-order valence-corrected chi connectivity index (χ3v) is 2.95. The summed E-state index contributed by atoms with van der Waals surface area (Å²) in [6, 6.07) is 4.82. The Labute approximate surface area is 105 Å². The van der Waals surface area contributed by atoms with Crippen LogP contribution in [-0.2, 0) is 10.9 Å². The van der Waals surface area contributed by atoms with Gasteiger partial charge in [0.25, 0.3) is 0 Å². The second kappa shape index (κ2) is 6.20. The highest BCUT2D eigenvalue weighted by molar-refractivity contribution is 5.32.